The quantitative estimate of drug-likeness (QED) is 0.692. The van der Waals surface area contributed by atoms with Crippen LogP contribution >= 0.6 is 0 Å². The molecule has 15 heavy (non-hydrogen) atoms. The maximum absolute atomic E-state index is 11.9. The van der Waals surface area contributed by atoms with Gasteiger partial charge in [0.2, 0.25) is 5.76 Å². The van der Waals surface area contributed by atoms with E-state index in [-0.39, 0.29) is 23.6 Å². The molecular weight excluding hydrogens is 194 g/mol. The SMILES string of the molecule is O=C1NCc2c1oc1ccccc1c2=O. The van der Waals surface area contributed by atoms with E-state index < -0.39 is 0 Å². The zero-order valence-corrected chi connectivity index (χ0v) is 7.74. The third-order valence-corrected chi connectivity index (χ3v) is 2.52. The number of amides is 1. The first-order valence-corrected chi connectivity index (χ1v) is 4.60. The Morgan fingerprint density at radius 3 is 2.87 bits per heavy atom. The molecule has 0 saturated heterocycles. The highest BCUT2D eigenvalue weighted by Gasteiger charge is 2.25. The normalized spacial score (nSPS) is 14.0. The Bertz CT molecular complexity index is 627. The van der Waals surface area contributed by atoms with Gasteiger partial charge in [0.05, 0.1) is 17.5 Å². The lowest BCUT2D eigenvalue weighted by Gasteiger charge is -1.98. The average molecular weight is 201 g/mol. The van der Waals surface area contributed by atoms with Crippen LogP contribution in [-0.2, 0) is 6.54 Å². The van der Waals surface area contributed by atoms with Crippen molar-refractivity contribution in [2.24, 2.45) is 0 Å². The van der Waals surface area contributed by atoms with Crippen LogP contribution < -0.4 is 10.7 Å². The van der Waals surface area contributed by atoms with Crippen LogP contribution in [0, 0.1) is 0 Å². The van der Waals surface area contributed by atoms with E-state index in [4.69, 9.17) is 4.42 Å². The van der Waals surface area contributed by atoms with E-state index in [2.05, 4.69) is 5.32 Å². The maximum atomic E-state index is 11.9. The first-order valence-electron chi connectivity index (χ1n) is 4.60. The molecule has 3 rings (SSSR count). The summed E-state index contributed by atoms with van der Waals surface area (Å²) in [4.78, 5) is 23.2. The van der Waals surface area contributed by atoms with Crippen LogP contribution in [0.1, 0.15) is 16.1 Å². The summed E-state index contributed by atoms with van der Waals surface area (Å²) in [6.45, 7) is 0.265. The van der Waals surface area contributed by atoms with Crippen LogP contribution in [0.25, 0.3) is 11.0 Å². The lowest BCUT2D eigenvalue weighted by atomic mass is 10.1. The molecule has 0 spiro atoms. The zero-order valence-electron chi connectivity index (χ0n) is 7.74. The number of carbonyl (C=O) groups is 1. The molecule has 0 unspecified atom stereocenters. The summed E-state index contributed by atoms with van der Waals surface area (Å²) in [6.07, 6.45) is 0. The molecule has 0 atom stereocenters. The number of hydrogen-bond donors (Lipinski definition) is 1. The smallest absolute Gasteiger partial charge is 0.287 e. The van der Waals surface area contributed by atoms with Crippen LogP contribution in [0.4, 0.5) is 0 Å². The maximum Gasteiger partial charge on any atom is 0.287 e. The molecule has 0 saturated carbocycles. The highest BCUT2D eigenvalue weighted by atomic mass is 16.3. The number of benzene rings is 1. The van der Waals surface area contributed by atoms with Crippen molar-refractivity contribution in [3.63, 3.8) is 0 Å². The average Bonchev–Trinajstić information content (AvgIpc) is 2.62. The van der Waals surface area contributed by atoms with Crippen molar-refractivity contribution in [1.82, 2.24) is 5.32 Å². The number of hydrogen-bond acceptors (Lipinski definition) is 3. The highest BCUT2D eigenvalue weighted by Crippen LogP contribution is 2.18. The molecule has 2 heterocycles. The summed E-state index contributed by atoms with van der Waals surface area (Å²) < 4.78 is 5.39. The van der Waals surface area contributed by atoms with Crippen molar-refractivity contribution in [1.29, 1.82) is 0 Å². The van der Waals surface area contributed by atoms with Gasteiger partial charge < -0.3 is 9.73 Å². The second kappa shape index (κ2) is 2.70. The van der Waals surface area contributed by atoms with E-state index in [1.807, 2.05) is 0 Å². The fourth-order valence-corrected chi connectivity index (χ4v) is 1.77. The Kier molecular flexibility index (Phi) is 1.48. The minimum Gasteiger partial charge on any atom is -0.450 e. The molecule has 74 valence electrons. The molecule has 2 aromatic rings. The lowest BCUT2D eigenvalue weighted by Crippen LogP contribution is -2.12. The molecule has 4 heteroatoms. The Labute approximate surface area is 84.5 Å². The first-order chi connectivity index (χ1) is 7.27. The number of nitrogens with one attached hydrogen (secondary N) is 1. The summed E-state index contributed by atoms with van der Waals surface area (Å²) in [5, 5.41) is 3.09. The van der Waals surface area contributed by atoms with Crippen molar-refractivity contribution >= 4 is 16.9 Å². The third kappa shape index (κ3) is 1.01. The second-order valence-electron chi connectivity index (χ2n) is 3.42. The summed E-state index contributed by atoms with van der Waals surface area (Å²) in [7, 11) is 0. The largest absolute Gasteiger partial charge is 0.450 e. The summed E-state index contributed by atoms with van der Waals surface area (Å²) in [5.74, 6) is -0.161. The van der Waals surface area contributed by atoms with Crippen LogP contribution in [0.2, 0.25) is 0 Å². The summed E-state index contributed by atoms with van der Waals surface area (Å²) >= 11 is 0. The van der Waals surface area contributed by atoms with Crippen LogP contribution in [0.15, 0.2) is 33.5 Å². The molecule has 0 fully saturated rings. The first kappa shape index (κ1) is 8.23. The van der Waals surface area contributed by atoms with Crippen molar-refractivity contribution in [2.45, 2.75) is 6.54 Å². The molecule has 1 aliphatic heterocycles. The summed E-state index contributed by atoms with van der Waals surface area (Å²) in [5.41, 5.74) is 0.766. The van der Waals surface area contributed by atoms with Crippen molar-refractivity contribution < 1.29 is 9.21 Å². The van der Waals surface area contributed by atoms with Gasteiger partial charge in [0.25, 0.3) is 5.91 Å². The van der Waals surface area contributed by atoms with Crippen LogP contribution in [0.3, 0.4) is 0 Å². The van der Waals surface area contributed by atoms with Crippen LogP contribution in [-0.4, -0.2) is 5.91 Å². The molecule has 4 nitrogen and oxygen atoms in total. The van der Waals surface area contributed by atoms with Gasteiger partial charge in [-0.15, -0.1) is 0 Å². The van der Waals surface area contributed by atoms with Gasteiger partial charge in [-0.1, -0.05) is 12.1 Å². The molecule has 1 aliphatic rings. The van der Waals surface area contributed by atoms with E-state index >= 15 is 0 Å². The number of para-hydroxylation sites is 1. The molecule has 1 aromatic carbocycles. The Morgan fingerprint density at radius 2 is 2.00 bits per heavy atom. The van der Waals surface area contributed by atoms with Crippen molar-refractivity contribution in [3.05, 3.63) is 45.8 Å². The zero-order chi connectivity index (χ0) is 10.4. The predicted octanol–water partition coefficient (Wildman–Crippen LogP) is 1.04. The molecule has 0 bridgehead atoms. The van der Waals surface area contributed by atoms with Gasteiger partial charge in [-0.05, 0) is 12.1 Å². The monoisotopic (exact) mass is 201 g/mol. The number of carbonyl (C=O) groups excluding carboxylic acids is 1. The standard InChI is InChI=1S/C11H7NO3/c13-9-6-3-1-2-4-8(6)15-10-7(9)5-12-11(10)14/h1-4H,5H2,(H,12,14). The number of rotatable bonds is 0. The van der Waals surface area contributed by atoms with Crippen molar-refractivity contribution in [2.75, 3.05) is 0 Å². The predicted molar refractivity (Wildman–Crippen MR) is 53.7 cm³/mol. The van der Waals surface area contributed by atoms with E-state index in [9.17, 15) is 9.59 Å². The van der Waals surface area contributed by atoms with E-state index in [0.29, 0.717) is 16.5 Å². The molecule has 1 aromatic heterocycles. The lowest BCUT2D eigenvalue weighted by molar-refractivity contribution is 0.0942. The van der Waals surface area contributed by atoms with Gasteiger partial charge >= 0.3 is 0 Å². The molecule has 1 amide bonds. The third-order valence-electron chi connectivity index (χ3n) is 2.52. The highest BCUT2D eigenvalue weighted by molar-refractivity contribution is 5.97. The Morgan fingerprint density at radius 1 is 1.20 bits per heavy atom. The van der Waals surface area contributed by atoms with E-state index in [1.54, 1.807) is 24.3 Å². The van der Waals surface area contributed by atoms with E-state index in [0.717, 1.165) is 0 Å². The molecule has 0 radical (unpaired) electrons. The summed E-state index contributed by atoms with van der Waals surface area (Å²) in [6, 6.07) is 6.92. The minimum absolute atomic E-state index is 0.120. The van der Waals surface area contributed by atoms with Crippen LogP contribution in [0.5, 0.6) is 0 Å². The van der Waals surface area contributed by atoms with Gasteiger partial charge in [0.1, 0.15) is 5.58 Å². The molecule has 0 aliphatic carbocycles. The Hall–Kier alpha value is -2.10. The van der Waals surface area contributed by atoms with E-state index in [1.165, 1.54) is 0 Å². The number of fused-ring (bicyclic) bond motifs is 2. The van der Waals surface area contributed by atoms with Gasteiger partial charge in [0.15, 0.2) is 5.43 Å². The van der Waals surface area contributed by atoms with Gasteiger partial charge in [-0.3, -0.25) is 9.59 Å². The fraction of sp³-hybridized carbons (Fsp3) is 0.0909. The fourth-order valence-electron chi connectivity index (χ4n) is 1.77. The second-order valence-corrected chi connectivity index (χ2v) is 3.42. The topological polar surface area (TPSA) is 59.3 Å². The van der Waals surface area contributed by atoms with Gasteiger partial charge in [-0.2, -0.15) is 0 Å². The Balaban J connectivity index is 2.51. The molecule has 1 N–H and O–H groups in total. The van der Waals surface area contributed by atoms with Gasteiger partial charge in [-0.25, -0.2) is 0 Å². The molecular formula is C11H7NO3. The minimum atomic E-state index is -0.312. The van der Waals surface area contributed by atoms with Gasteiger partial charge in [0, 0.05) is 0 Å². The van der Waals surface area contributed by atoms with Crippen molar-refractivity contribution in [3.8, 4) is 0 Å².